The quantitative estimate of drug-likeness (QED) is 0.471. The van der Waals surface area contributed by atoms with Crippen LogP contribution in [0.3, 0.4) is 0 Å². The van der Waals surface area contributed by atoms with E-state index < -0.39 is 10.0 Å². The zero-order valence-electron chi connectivity index (χ0n) is 21.7. The van der Waals surface area contributed by atoms with Crippen molar-refractivity contribution in [2.24, 2.45) is 5.92 Å². The molecule has 3 heterocycles. The number of fused-ring (bicyclic) bond motifs is 1. The van der Waals surface area contributed by atoms with Gasteiger partial charge in [0, 0.05) is 37.3 Å². The topological polar surface area (TPSA) is 82.6 Å². The van der Waals surface area contributed by atoms with E-state index in [1.165, 1.54) is 5.56 Å². The molecule has 37 heavy (non-hydrogen) atoms. The van der Waals surface area contributed by atoms with Crippen molar-refractivity contribution in [3.63, 3.8) is 0 Å². The van der Waals surface area contributed by atoms with Crippen molar-refractivity contribution in [2.45, 2.75) is 56.8 Å². The highest BCUT2D eigenvalue weighted by atomic mass is 32.2. The van der Waals surface area contributed by atoms with Gasteiger partial charge in [0.1, 0.15) is 5.82 Å². The average molecular weight is 521 g/mol. The highest BCUT2D eigenvalue weighted by Gasteiger charge is 2.28. The second kappa shape index (κ2) is 10.8. The van der Waals surface area contributed by atoms with Crippen molar-refractivity contribution in [2.75, 3.05) is 36.4 Å². The molecule has 0 saturated carbocycles. The summed E-state index contributed by atoms with van der Waals surface area (Å²) in [4.78, 5) is 20.3. The fourth-order valence-electron chi connectivity index (χ4n) is 5.28. The number of pyridine rings is 1. The minimum Gasteiger partial charge on any atom is -0.356 e. The van der Waals surface area contributed by atoms with Crippen molar-refractivity contribution < 1.29 is 13.2 Å². The van der Waals surface area contributed by atoms with Crippen LogP contribution in [0.1, 0.15) is 57.4 Å². The molecule has 0 unspecified atom stereocenters. The van der Waals surface area contributed by atoms with Crippen LogP contribution in [0.5, 0.6) is 0 Å². The lowest BCUT2D eigenvalue weighted by molar-refractivity contribution is -0.120. The van der Waals surface area contributed by atoms with Gasteiger partial charge < -0.3 is 10.2 Å². The van der Waals surface area contributed by atoms with E-state index in [4.69, 9.17) is 4.98 Å². The molecule has 1 N–H and O–H groups in total. The Labute approximate surface area is 219 Å². The molecule has 0 aliphatic carbocycles. The van der Waals surface area contributed by atoms with Gasteiger partial charge in [0.2, 0.25) is 15.9 Å². The number of benzene rings is 2. The molecule has 1 aromatic heterocycles. The second-order valence-electron chi connectivity index (χ2n) is 10.5. The van der Waals surface area contributed by atoms with E-state index in [1.807, 2.05) is 24.3 Å². The number of hydrogen-bond acceptors (Lipinski definition) is 5. The maximum Gasteiger partial charge on any atom is 0.243 e. The maximum absolute atomic E-state index is 13.1. The van der Waals surface area contributed by atoms with E-state index in [0.717, 1.165) is 61.1 Å². The standard InChI is InChI=1S/C29H36N4O3S/c1-21(2)22-8-11-25(12-9-22)30-29(34)24-7-6-16-32(20-24)28-15-10-23-19-26(13-14-27(23)31-28)37(35,36)33-17-4-3-5-18-33/h8-15,19,21,24H,3-7,16-18,20H2,1-2H3,(H,30,34)/t24-/m1/s1. The molecule has 2 saturated heterocycles. The fraction of sp³-hybridized carbons (Fsp3) is 0.448. The summed E-state index contributed by atoms with van der Waals surface area (Å²) in [5.41, 5.74) is 2.83. The summed E-state index contributed by atoms with van der Waals surface area (Å²) in [6, 6.07) is 17.1. The van der Waals surface area contributed by atoms with Gasteiger partial charge in [-0.2, -0.15) is 4.31 Å². The van der Waals surface area contributed by atoms with Crippen LogP contribution in [-0.2, 0) is 14.8 Å². The van der Waals surface area contributed by atoms with Gasteiger partial charge in [-0.05, 0) is 79.6 Å². The molecule has 2 fully saturated rings. The van der Waals surface area contributed by atoms with E-state index in [-0.39, 0.29) is 11.8 Å². The first-order chi connectivity index (χ1) is 17.8. The molecular weight excluding hydrogens is 484 g/mol. The number of rotatable bonds is 6. The third-order valence-electron chi connectivity index (χ3n) is 7.56. The monoisotopic (exact) mass is 520 g/mol. The van der Waals surface area contributed by atoms with Crippen LogP contribution < -0.4 is 10.2 Å². The van der Waals surface area contributed by atoms with Crippen molar-refractivity contribution >= 4 is 38.3 Å². The largest absolute Gasteiger partial charge is 0.356 e. The molecule has 7 nitrogen and oxygen atoms in total. The molecule has 1 atom stereocenters. The van der Waals surface area contributed by atoms with Crippen LogP contribution in [0, 0.1) is 5.92 Å². The SMILES string of the molecule is CC(C)c1ccc(NC(=O)[C@@H]2CCCN(c3ccc4cc(S(=O)(=O)N5CCCCC5)ccc4n3)C2)cc1. The summed E-state index contributed by atoms with van der Waals surface area (Å²) in [6.07, 6.45) is 4.67. The lowest BCUT2D eigenvalue weighted by Crippen LogP contribution is -2.41. The van der Waals surface area contributed by atoms with Crippen molar-refractivity contribution in [3.05, 3.63) is 60.2 Å². The summed E-state index contributed by atoms with van der Waals surface area (Å²) >= 11 is 0. The molecule has 0 bridgehead atoms. The number of nitrogens with one attached hydrogen (secondary N) is 1. The molecule has 5 rings (SSSR count). The third-order valence-corrected chi connectivity index (χ3v) is 9.45. The number of aromatic nitrogens is 1. The molecule has 0 radical (unpaired) electrons. The van der Waals surface area contributed by atoms with Crippen LogP contribution in [0.4, 0.5) is 11.5 Å². The zero-order valence-corrected chi connectivity index (χ0v) is 22.5. The molecule has 1 amide bonds. The molecule has 2 aromatic carbocycles. The van der Waals surface area contributed by atoms with Crippen molar-refractivity contribution in [1.29, 1.82) is 0 Å². The van der Waals surface area contributed by atoms with Gasteiger partial charge in [-0.15, -0.1) is 0 Å². The van der Waals surface area contributed by atoms with Gasteiger partial charge in [-0.3, -0.25) is 4.79 Å². The predicted octanol–water partition coefficient (Wildman–Crippen LogP) is 5.39. The van der Waals surface area contributed by atoms with Crippen LogP contribution >= 0.6 is 0 Å². The Morgan fingerprint density at radius 2 is 1.70 bits per heavy atom. The molecule has 3 aromatic rings. The number of sulfonamides is 1. The first-order valence-electron chi connectivity index (χ1n) is 13.4. The van der Waals surface area contributed by atoms with Gasteiger partial charge >= 0.3 is 0 Å². The maximum atomic E-state index is 13.1. The van der Waals surface area contributed by atoms with Crippen LogP contribution in [-0.4, -0.2) is 49.8 Å². The molecule has 2 aliphatic rings. The Balaban J connectivity index is 1.28. The number of amides is 1. The molecule has 2 aliphatic heterocycles. The Hall–Kier alpha value is -2.97. The summed E-state index contributed by atoms with van der Waals surface area (Å²) in [5.74, 6) is 1.19. The summed E-state index contributed by atoms with van der Waals surface area (Å²) in [6.45, 7) is 6.93. The Bertz CT molecular complexity index is 1370. The Morgan fingerprint density at radius 1 is 0.946 bits per heavy atom. The fourth-order valence-corrected chi connectivity index (χ4v) is 6.83. The van der Waals surface area contributed by atoms with E-state index in [9.17, 15) is 13.2 Å². The highest BCUT2D eigenvalue weighted by molar-refractivity contribution is 7.89. The first kappa shape index (κ1) is 25.7. The number of piperidine rings is 2. The van der Waals surface area contributed by atoms with E-state index in [2.05, 4.69) is 36.2 Å². The predicted molar refractivity (Wildman–Crippen MR) is 148 cm³/mol. The highest BCUT2D eigenvalue weighted by Crippen LogP contribution is 2.28. The summed E-state index contributed by atoms with van der Waals surface area (Å²) in [5, 5.41) is 3.88. The number of carbonyl (C=O) groups excluding carboxylic acids is 1. The van der Waals surface area contributed by atoms with Crippen molar-refractivity contribution in [3.8, 4) is 0 Å². The number of anilines is 2. The normalized spacial score (nSPS) is 19.3. The molecule has 196 valence electrons. The Morgan fingerprint density at radius 3 is 2.43 bits per heavy atom. The smallest absolute Gasteiger partial charge is 0.243 e. The zero-order chi connectivity index (χ0) is 26.0. The first-order valence-corrected chi connectivity index (χ1v) is 14.8. The lowest BCUT2D eigenvalue weighted by Gasteiger charge is -2.33. The second-order valence-corrected chi connectivity index (χ2v) is 12.5. The van der Waals surface area contributed by atoms with Gasteiger partial charge in [-0.1, -0.05) is 32.4 Å². The molecular formula is C29H36N4O3S. The minimum atomic E-state index is -3.48. The third kappa shape index (κ3) is 5.65. The number of carbonyl (C=O) groups is 1. The molecule has 8 heteroatoms. The van der Waals surface area contributed by atoms with E-state index in [0.29, 0.717) is 30.4 Å². The van der Waals surface area contributed by atoms with Gasteiger partial charge in [0.05, 0.1) is 16.3 Å². The minimum absolute atomic E-state index is 0.0374. The van der Waals surface area contributed by atoms with Gasteiger partial charge in [0.15, 0.2) is 0 Å². The summed E-state index contributed by atoms with van der Waals surface area (Å²) in [7, 11) is -3.48. The van der Waals surface area contributed by atoms with Crippen molar-refractivity contribution in [1.82, 2.24) is 9.29 Å². The van der Waals surface area contributed by atoms with E-state index in [1.54, 1.807) is 22.5 Å². The summed E-state index contributed by atoms with van der Waals surface area (Å²) < 4.78 is 27.8. The van der Waals surface area contributed by atoms with Gasteiger partial charge in [-0.25, -0.2) is 13.4 Å². The van der Waals surface area contributed by atoms with Gasteiger partial charge in [0.25, 0.3) is 0 Å². The van der Waals surface area contributed by atoms with Crippen LogP contribution in [0.25, 0.3) is 10.9 Å². The van der Waals surface area contributed by atoms with E-state index >= 15 is 0 Å². The number of nitrogens with zero attached hydrogens (tertiary/aromatic N) is 3. The number of hydrogen-bond donors (Lipinski definition) is 1. The Kier molecular flexibility index (Phi) is 7.49. The molecule has 0 spiro atoms. The lowest BCUT2D eigenvalue weighted by atomic mass is 9.96. The van der Waals surface area contributed by atoms with Crippen LogP contribution in [0.15, 0.2) is 59.5 Å². The van der Waals surface area contributed by atoms with Crippen LogP contribution in [0.2, 0.25) is 0 Å². The average Bonchev–Trinajstić information content (AvgIpc) is 2.93.